The van der Waals surface area contributed by atoms with Crippen LogP contribution in [0.25, 0.3) is 0 Å². The molecule has 1 saturated carbocycles. The zero-order valence-electron chi connectivity index (χ0n) is 16.3. The fraction of sp³-hybridized carbons (Fsp3) is 0.765. The maximum atomic E-state index is 12.1. The predicted octanol–water partition coefficient (Wildman–Crippen LogP) is 2.24. The summed E-state index contributed by atoms with van der Waals surface area (Å²) in [6, 6.07) is 0.265. The van der Waals surface area contributed by atoms with Crippen LogP contribution in [0.3, 0.4) is 0 Å². The highest BCUT2D eigenvalue weighted by Gasteiger charge is 2.41. The number of rotatable bonds is 10. The van der Waals surface area contributed by atoms with Crippen molar-refractivity contribution in [3.8, 4) is 0 Å². The van der Waals surface area contributed by atoms with Crippen LogP contribution in [0.4, 0.5) is 13.2 Å². The molecule has 0 radical (unpaired) electrons. The van der Waals surface area contributed by atoms with Crippen molar-refractivity contribution < 1.29 is 42.6 Å². The highest BCUT2D eigenvalue weighted by atomic mass is 33.1. The topological polar surface area (TPSA) is 124 Å². The third kappa shape index (κ3) is 9.92. The Bertz CT molecular complexity index is 631. The Labute approximate surface area is 179 Å². The number of aliphatic carboxylic acids is 2. The van der Waals surface area contributed by atoms with Crippen molar-refractivity contribution in [2.45, 2.75) is 44.8 Å². The van der Waals surface area contributed by atoms with Crippen LogP contribution in [-0.4, -0.2) is 75.7 Å². The molecule has 0 bridgehead atoms. The van der Waals surface area contributed by atoms with Gasteiger partial charge in [-0.05, 0) is 25.7 Å². The number of carbonyl (C=O) groups excluding carboxylic acids is 2. The smallest absolute Gasteiger partial charge is 0.481 e. The molecule has 3 N–H and O–H groups in total. The molecule has 0 spiro atoms. The number of carboxylic acids is 2. The van der Waals surface area contributed by atoms with Gasteiger partial charge < -0.3 is 20.4 Å². The van der Waals surface area contributed by atoms with Crippen LogP contribution < -0.4 is 5.32 Å². The van der Waals surface area contributed by atoms with Crippen LogP contribution in [0.5, 0.6) is 0 Å². The van der Waals surface area contributed by atoms with Crippen molar-refractivity contribution >= 4 is 45.3 Å². The number of likely N-dealkylation sites (tertiary alicyclic amines) is 1. The molecule has 0 aromatic carbocycles. The van der Waals surface area contributed by atoms with E-state index in [-0.39, 0.29) is 30.2 Å². The summed E-state index contributed by atoms with van der Waals surface area (Å²) >= 11 is 0. The van der Waals surface area contributed by atoms with Gasteiger partial charge in [-0.25, -0.2) is 4.79 Å². The molecule has 2 unspecified atom stereocenters. The minimum absolute atomic E-state index is 0.0417. The van der Waals surface area contributed by atoms with E-state index in [1.165, 1.54) is 23.6 Å². The minimum Gasteiger partial charge on any atom is -0.481 e. The SMILES string of the molecule is CC(C1CC1)N1CC(C(=O)NCCSSCCC(=O)O)CC1=O.O=C(O)C(F)(F)F. The number of nitrogens with one attached hydrogen (secondary N) is 1. The van der Waals surface area contributed by atoms with E-state index >= 15 is 0 Å². The summed E-state index contributed by atoms with van der Waals surface area (Å²) in [7, 11) is 3.06. The van der Waals surface area contributed by atoms with Gasteiger partial charge >= 0.3 is 18.1 Å². The molecule has 0 aromatic rings. The number of amides is 2. The molecule has 8 nitrogen and oxygen atoms in total. The van der Waals surface area contributed by atoms with Gasteiger partial charge in [0.1, 0.15) is 0 Å². The van der Waals surface area contributed by atoms with E-state index in [4.69, 9.17) is 15.0 Å². The van der Waals surface area contributed by atoms with Crippen LogP contribution in [0.1, 0.15) is 32.6 Å². The predicted molar refractivity (Wildman–Crippen MR) is 106 cm³/mol. The van der Waals surface area contributed by atoms with Crippen molar-refractivity contribution in [2.75, 3.05) is 24.6 Å². The quantitative estimate of drug-likeness (QED) is 0.325. The summed E-state index contributed by atoms with van der Waals surface area (Å²) in [4.78, 5) is 45.3. The first-order valence-corrected chi connectivity index (χ1v) is 11.8. The number of hydrogen-bond donors (Lipinski definition) is 3. The first-order chi connectivity index (χ1) is 13.9. The van der Waals surface area contributed by atoms with Gasteiger partial charge in [-0.15, -0.1) is 0 Å². The number of halogens is 3. The first-order valence-electron chi connectivity index (χ1n) is 9.27. The molecule has 2 fully saturated rings. The monoisotopic (exact) mass is 474 g/mol. The van der Waals surface area contributed by atoms with Gasteiger partial charge in [0.2, 0.25) is 11.8 Å². The number of carbonyl (C=O) groups is 4. The molecule has 2 aliphatic rings. The molecule has 1 saturated heterocycles. The van der Waals surface area contributed by atoms with E-state index in [0.717, 1.165) is 5.75 Å². The Balaban J connectivity index is 0.000000553. The van der Waals surface area contributed by atoms with Gasteiger partial charge in [0.05, 0.1) is 12.3 Å². The zero-order chi connectivity index (χ0) is 22.9. The van der Waals surface area contributed by atoms with E-state index < -0.39 is 18.1 Å². The maximum absolute atomic E-state index is 12.1. The Kier molecular flexibility index (Phi) is 10.8. The van der Waals surface area contributed by atoms with Crippen LogP contribution in [0.15, 0.2) is 0 Å². The standard InChI is InChI=1S/C15H24N2O4S2.C2HF3O2/c1-10(11-2-3-11)17-9-12(8-13(17)18)15(21)16-5-7-23-22-6-4-14(19)20;3-2(4,5)1(6)7/h10-12H,2-9H2,1H3,(H,16,21)(H,19,20);(H,6,7). The van der Waals surface area contributed by atoms with E-state index in [9.17, 15) is 27.6 Å². The molecular formula is C17H25F3N2O6S2. The lowest BCUT2D eigenvalue weighted by Gasteiger charge is -2.24. The summed E-state index contributed by atoms with van der Waals surface area (Å²) < 4.78 is 31.7. The lowest BCUT2D eigenvalue weighted by atomic mass is 10.1. The normalized spacial score (nSPS) is 19.7. The summed E-state index contributed by atoms with van der Waals surface area (Å²) in [5.74, 6) is -1.79. The number of alkyl halides is 3. The molecule has 172 valence electrons. The Hall–Kier alpha value is -1.63. The van der Waals surface area contributed by atoms with Crippen LogP contribution in [0, 0.1) is 11.8 Å². The Morgan fingerprint density at radius 1 is 1.20 bits per heavy atom. The highest BCUT2D eigenvalue weighted by molar-refractivity contribution is 8.76. The molecule has 30 heavy (non-hydrogen) atoms. The van der Waals surface area contributed by atoms with E-state index in [2.05, 4.69) is 12.2 Å². The molecule has 1 aliphatic carbocycles. The van der Waals surface area contributed by atoms with Gasteiger partial charge in [0, 0.05) is 37.1 Å². The maximum Gasteiger partial charge on any atom is 0.490 e. The molecule has 2 atom stereocenters. The molecule has 2 amide bonds. The minimum atomic E-state index is -5.08. The van der Waals surface area contributed by atoms with Crippen LogP contribution in [-0.2, 0) is 19.2 Å². The number of nitrogens with zero attached hydrogens (tertiary/aromatic N) is 1. The molecule has 13 heteroatoms. The third-order valence-electron chi connectivity index (χ3n) is 4.53. The lowest BCUT2D eigenvalue weighted by molar-refractivity contribution is -0.192. The molecule has 1 heterocycles. The van der Waals surface area contributed by atoms with Crippen LogP contribution >= 0.6 is 21.6 Å². The Morgan fingerprint density at radius 3 is 2.27 bits per heavy atom. The summed E-state index contributed by atoms with van der Waals surface area (Å²) in [6.45, 7) is 3.18. The lowest BCUT2D eigenvalue weighted by Crippen LogP contribution is -2.38. The van der Waals surface area contributed by atoms with Gasteiger partial charge in [-0.1, -0.05) is 21.6 Å². The Morgan fingerprint density at radius 2 is 1.77 bits per heavy atom. The largest absolute Gasteiger partial charge is 0.490 e. The average Bonchev–Trinajstić information content (AvgIpc) is 3.41. The summed E-state index contributed by atoms with van der Waals surface area (Å²) in [5, 5.41) is 18.5. The van der Waals surface area contributed by atoms with Crippen molar-refractivity contribution in [2.24, 2.45) is 11.8 Å². The zero-order valence-corrected chi connectivity index (χ0v) is 17.9. The second kappa shape index (κ2) is 12.3. The number of carboxylic acid groups (broad SMARTS) is 2. The fourth-order valence-electron chi connectivity index (χ4n) is 2.74. The van der Waals surface area contributed by atoms with Crippen molar-refractivity contribution in [3.05, 3.63) is 0 Å². The highest BCUT2D eigenvalue weighted by Crippen LogP contribution is 2.37. The second-order valence-corrected chi connectivity index (χ2v) is 9.61. The molecular weight excluding hydrogens is 449 g/mol. The third-order valence-corrected chi connectivity index (χ3v) is 6.94. The first kappa shape index (κ1) is 26.4. The van der Waals surface area contributed by atoms with Gasteiger partial charge in [-0.2, -0.15) is 13.2 Å². The number of hydrogen-bond acceptors (Lipinski definition) is 6. The van der Waals surface area contributed by atoms with Crippen molar-refractivity contribution in [1.82, 2.24) is 10.2 Å². The van der Waals surface area contributed by atoms with Crippen molar-refractivity contribution in [3.63, 3.8) is 0 Å². The van der Waals surface area contributed by atoms with Gasteiger partial charge in [-0.3, -0.25) is 14.4 Å². The average molecular weight is 475 g/mol. The fourth-order valence-corrected chi connectivity index (χ4v) is 4.63. The molecule has 2 rings (SSSR count). The van der Waals surface area contributed by atoms with Gasteiger partial charge in [0.15, 0.2) is 0 Å². The van der Waals surface area contributed by atoms with Gasteiger partial charge in [0.25, 0.3) is 0 Å². The van der Waals surface area contributed by atoms with E-state index in [1.807, 2.05) is 4.90 Å². The van der Waals surface area contributed by atoms with Crippen LogP contribution in [0.2, 0.25) is 0 Å². The van der Waals surface area contributed by atoms with Crippen molar-refractivity contribution in [1.29, 1.82) is 0 Å². The summed E-state index contributed by atoms with van der Waals surface area (Å²) in [5.41, 5.74) is 0. The van der Waals surface area contributed by atoms with E-state index in [0.29, 0.717) is 31.2 Å². The van der Waals surface area contributed by atoms with E-state index in [1.54, 1.807) is 10.8 Å². The molecule has 1 aliphatic heterocycles. The summed E-state index contributed by atoms with van der Waals surface area (Å²) in [6.07, 6.45) is -2.22. The molecule has 0 aromatic heterocycles. The second-order valence-electron chi connectivity index (χ2n) is 6.91.